The molecule has 1 atom stereocenters. The summed E-state index contributed by atoms with van der Waals surface area (Å²) in [6.07, 6.45) is 5.81. The summed E-state index contributed by atoms with van der Waals surface area (Å²) in [6, 6.07) is 6.41. The van der Waals surface area contributed by atoms with E-state index in [2.05, 4.69) is 16.0 Å². The van der Waals surface area contributed by atoms with E-state index in [9.17, 15) is 0 Å². The number of nitrogens with one attached hydrogen (secondary N) is 3. The molecule has 6 nitrogen and oxygen atoms in total. The first-order chi connectivity index (χ1) is 11.3. The zero-order valence-electron chi connectivity index (χ0n) is 13.5. The molecule has 2 rings (SSSR count). The van der Waals surface area contributed by atoms with E-state index in [1.165, 1.54) is 18.4 Å². The Morgan fingerprint density at radius 1 is 1.43 bits per heavy atom. The van der Waals surface area contributed by atoms with Crippen LogP contribution in [-0.2, 0) is 13.0 Å². The monoisotopic (exact) mass is 313 g/mol. The van der Waals surface area contributed by atoms with Crippen LogP contribution < -0.4 is 16.0 Å². The maximum Gasteiger partial charge on any atom is 0.148 e. The average molecular weight is 313 g/mol. The minimum atomic E-state index is 0.139. The Balaban J connectivity index is 1.81. The second-order valence-electron chi connectivity index (χ2n) is 5.62. The highest BCUT2D eigenvalue weighted by molar-refractivity contribution is 5.39. The maximum absolute atomic E-state index is 8.89. The third-order valence-electron chi connectivity index (χ3n) is 4.13. The molecule has 0 bridgehead atoms. The molecule has 0 spiro atoms. The molecule has 0 radical (unpaired) electrons. The van der Waals surface area contributed by atoms with Gasteiger partial charge in [-0.3, -0.25) is 0 Å². The van der Waals surface area contributed by atoms with Gasteiger partial charge in [0.15, 0.2) is 0 Å². The Bertz CT molecular complexity index is 598. The summed E-state index contributed by atoms with van der Waals surface area (Å²) < 4.78 is 5.58. The molecule has 1 aromatic rings. The molecule has 0 amide bonds. The fourth-order valence-corrected chi connectivity index (χ4v) is 2.85. The Kier molecular flexibility index (Phi) is 6.68. The van der Waals surface area contributed by atoms with Crippen molar-refractivity contribution in [2.24, 2.45) is 0 Å². The summed E-state index contributed by atoms with van der Waals surface area (Å²) in [5.41, 5.74) is 2.05. The van der Waals surface area contributed by atoms with Crippen molar-refractivity contribution in [3.05, 3.63) is 34.9 Å². The largest absolute Gasteiger partial charge is 0.468 e. The van der Waals surface area contributed by atoms with E-state index in [4.69, 9.17) is 14.9 Å². The fourth-order valence-electron chi connectivity index (χ4n) is 2.85. The summed E-state index contributed by atoms with van der Waals surface area (Å²) in [4.78, 5) is 0. The van der Waals surface area contributed by atoms with Gasteiger partial charge in [-0.25, -0.2) is 0 Å². The highest BCUT2D eigenvalue weighted by Gasteiger charge is 2.17. The molecular weight excluding hydrogens is 290 g/mol. The first-order valence-corrected chi connectivity index (χ1v) is 7.99. The lowest BCUT2D eigenvalue weighted by Gasteiger charge is -2.11. The average Bonchev–Trinajstić information content (AvgIpc) is 3.23. The molecule has 0 aliphatic carbocycles. The highest BCUT2D eigenvalue weighted by atomic mass is 16.3. The van der Waals surface area contributed by atoms with Crippen molar-refractivity contribution in [3.8, 4) is 12.1 Å². The molecule has 1 unspecified atom stereocenters. The molecule has 1 aliphatic heterocycles. The van der Waals surface area contributed by atoms with Crippen molar-refractivity contribution in [1.82, 2.24) is 16.0 Å². The quantitative estimate of drug-likeness (QED) is 0.498. The van der Waals surface area contributed by atoms with Crippen molar-refractivity contribution in [3.63, 3.8) is 0 Å². The maximum atomic E-state index is 8.89. The molecule has 2 heterocycles. The van der Waals surface area contributed by atoms with Gasteiger partial charge in [-0.15, -0.1) is 0 Å². The van der Waals surface area contributed by atoms with Crippen molar-refractivity contribution in [2.75, 3.05) is 20.1 Å². The predicted molar refractivity (Wildman–Crippen MR) is 87.1 cm³/mol. The molecule has 23 heavy (non-hydrogen) atoms. The summed E-state index contributed by atoms with van der Waals surface area (Å²) >= 11 is 0. The lowest BCUT2D eigenvalue weighted by Crippen LogP contribution is -2.24. The van der Waals surface area contributed by atoms with Gasteiger partial charge in [-0.05, 0) is 37.4 Å². The van der Waals surface area contributed by atoms with E-state index < -0.39 is 0 Å². The number of nitriles is 2. The topological polar surface area (TPSA) is 96.8 Å². The Labute approximate surface area is 137 Å². The molecule has 0 saturated carbocycles. The smallest absolute Gasteiger partial charge is 0.148 e. The number of allylic oxidation sites excluding steroid dienone is 1. The van der Waals surface area contributed by atoms with Crippen molar-refractivity contribution in [2.45, 2.75) is 38.3 Å². The number of hydrogen-bond donors (Lipinski definition) is 3. The Morgan fingerprint density at radius 2 is 2.26 bits per heavy atom. The molecule has 0 aromatic carbocycles. The van der Waals surface area contributed by atoms with E-state index >= 15 is 0 Å². The number of nitrogens with zero attached hydrogens (tertiary/aromatic N) is 2. The first-order valence-electron chi connectivity index (χ1n) is 7.99. The molecule has 1 saturated heterocycles. The molecule has 1 aromatic heterocycles. The van der Waals surface area contributed by atoms with E-state index in [0.29, 0.717) is 31.2 Å². The van der Waals surface area contributed by atoms with Gasteiger partial charge in [-0.1, -0.05) is 0 Å². The van der Waals surface area contributed by atoms with Crippen LogP contribution in [0.4, 0.5) is 0 Å². The van der Waals surface area contributed by atoms with Crippen LogP contribution in [0.25, 0.3) is 0 Å². The van der Waals surface area contributed by atoms with E-state index in [-0.39, 0.29) is 5.57 Å². The lowest BCUT2D eigenvalue weighted by atomic mass is 10.1. The van der Waals surface area contributed by atoms with Gasteiger partial charge in [0, 0.05) is 31.8 Å². The van der Waals surface area contributed by atoms with Crippen LogP contribution in [0.15, 0.2) is 28.0 Å². The van der Waals surface area contributed by atoms with Gasteiger partial charge in [0.05, 0.1) is 12.8 Å². The van der Waals surface area contributed by atoms with Crippen molar-refractivity contribution < 1.29 is 4.42 Å². The number of furan rings is 1. The summed E-state index contributed by atoms with van der Waals surface area (Å²) in [6.45, 7) is 2.43. The van der Waals surface area contributed by atoms with Crippen LogP contribution in [0.2, 0.25) is 0 Å². The summed E-state index contributed by atoms with van der Waals surface area (Å²) in [5, 5.41) is 27.5. The highest BCUT2D eigenvalue weighted by Crippen LogP contribution is 2.17. The second kappa shape index (κ2) is 8.99. The third-order valence-corrected chi connectivity index (χ3v) is 4.13. The van der Waals surface area contributed by atoms with Crippen LogP contribution in [0.5, 0.6) is 0 Å². The molecule has 6 heteroatoms. The summed E-state index contributed by atoms with van der Waals surface area (Å²) in [7, 11) is 1.73. The molecule has 3 N–H and O–H groups in total. The third kappa shape index (κ3) is 4.85. The Hall–Kier alpha value is -2.28. The minimum absolute atomic E-state index is 0.139. The van der Waals surface area contributed by atoms with Gasteiger partial charge in [0.1, 0.15) is 23.5 Å². The van der Waals surface area contributed by atoms with E-state index in [1.54, 1.807) is 13.3 Å². The van der Waals surface area contributed by atoms with Crippen LogP contribution in [0, 0.1) is 22.7 Å². The standard InChI is InChI=1S/C17H23N5O/c1-20-16(14(10-18)11-19)4-7-21-12-17-13(5-8-23-17)9-15-3-2-6-22-15/h5,8,15,20-22H,2-4,6-7,9,12H2,1H3. The van der Waals surface area contributed by atoms with E-state index in [1.807, 2.05) is 18.2 Å². The van der Waals surface area contributed by atoms with Gasteiger partial charge in [0.2, 0.25) is 0 Å². The zero-order valence-corrected chi connectivity index (χ0v) is 13.5. The van der Waals surface area contributed by atoms with Gasteiger partial charge < -0.3 is 20.4 Å². The van der Waals surface area contributed by atoms with Gasteiger partial charge in [-0.2, -0.15) is 10.5 Å². The van der Waals surface area contributed by atoms with Crippen LogP contribution in [-0.4, -0.2) is 26.2 Å². The SMILES string of the molecule is CNC(CCNCc1occc1CC1CCCN1)=C(C#N)C#N. The molecule has 1 fully saturated rings. The lowest BCUT2D eigenvalue weighted by molar-refractivity contribution is 0.474. The zero-order chi connectivity index (χ0) is 16.5. The molecule has 122 valence electrons. The van der Waals surface area contributed by atoms with Gasteiger partial charge >= 0.3 is 0 Å². The number of hydrogen-bond acceptors (Lipinski definition) is 6. The predicted octanol–water partition coefficient (Wildman–Crippen LogP) is 1.57. The van der Waals surface area contributed by atoms with Crippen LogP contribution in [0.1, 0.15) is 30.6 Å². The normalized spacial score (nSPS) is 16.6. The molecule has 1 aliphatic rings. The van der Waals surface area contributed by atoms with Crippen molar-refractivity contribution in [1.29, 1.82) is 10.5 Å². The van der Waals surface area contributed by atoms with E-state index in [0.717, 1.165) is 18.7 Å². The fraction of sp³-hybridized carbons (Fsp3) is 0.529. The second-order valence-corrected chi connectivity index (χ2v) is 5.62. The van der Waals surface area contributed by atoms with Crippen molar-refractivity contribution >= 4 is 0 Å². The first kappa shape index (κ1) is 17.1. The van der Waals surface area contributed by atoms with Gasteiger partial charge in [0.25, 0.3) is 0 Å². The molecular formula is C17H23N5O. The number of rotatable bonds is 8. The summed E-state index contributed by atoms with van der Waals surface area (Å²) in [5.74, 6) is 0.967. The Morgan fingerprint density at radius 3 is 2.91 bits per heavy atom. The van der Waals surface area contributed by atoms with Crippen LogP contribution in [0.3, 0.4) is 0 Å². The van der Waals surface area contributed by atoms with Crippen LogP contribution >= 0.6 is 0 Å². The minimum Gasteiger partial charge on any atom is -0.468 e.